The van der Waals surface area contributed by atoms with Gasteiger partial charge >= 0.3 is 0 Å². The highest BCUT2D eigenvalue weighted by Gasteiger charge is 2.29. The van der Waals surface area contributed by atoms with Gasteiger partial charge in [0.2, 0.25) is 0 Å². The standard InChI is InChI=1S/C8H18N2O4.ClH/c1-8(2,3)9-4-7(12)6(5-11)10(13)14;/h6-7,9,11-12H,4-5H2,1-3H3;1H. The molecule has 0 aliphatic rings. The number of hydrogen-bond donors (Lipinski definition) is 3. The summed E-state index contributed by atoms with van der Waals surface area (Å²) >= 11 is 0. The van der Waals surface area contributed by atoms with Gasteiger partial charge < -0.3 is 15.5 Å². The predicted molar refractivity (Wildman–Crippen MR) is 58.9 cm³/mol. The van der Waals surface area contributed by atoms with E-state index in [9.17, 15) is 15.2 Å². The second kappa shape index (κ2) is 6.95. The van der Waals surface area contributed by atoms with E-state index < -0.39 is 23.7 Å². The summed E-state index contributed by atoms with van der Waals surface area (Å²) in [6, 6.07) is -1.31. The number of nitrogens with zero attached hydrogens (tertiary/aromatic N) is 1. The quantitative estimate of drug-likeness (QED) is 0.458. The first kappa shape index (κ1) is 17.0. The maximum atomic E-state index is 10.4. The second-order valence-corrected chi connectivity index (χ2v) is 4.23. The van der Waals surface area contributed by atoms with Gasteiger partial charge in [0, 0.05) is 17.0 Å². The summed E-state index contributed by atoms with van der Waals surface area (Å²) in [7, 11) is 0. The highest BCUT2D eigenvalue weighted by Crippen LogP contribution is 2.02. The van der Waals surface area contributed by atoms with E-state index in [1.54, 1.807) is 0 Å². The van der Waals surface area contributed by atoms with Gasteiger partial charge in [0.25, 0.3) is 6.04 Å². The molecule has 0 aliphatic heterocycles. The average molecular weight is 243 g/mol. The van der Waals surface area contributed by atoms with Crippen LogP contribution < -0.4 is 5.32 Å². The van der Waals surface area contributed by atoms with E-state index in [0.717, 1.165) is 0 Å². The molecule has 0 fully saturated rings. The van der Waals surface area contributed by atoms with Crippen LogP contribution in [0, 0.1) is 10.1 Å². The first-order valence-corrected chi connectivity index (χ1v) is 4.45. The minimum absolute atomic E-state index is 0. The lowest BCUT2D eigenvalue weighted by Crippen LogP contribution is -2.48. The summed E-state index contributed by atoms with van der Waals surface area (Å²) < 4.78 is 0. The molecule has 0 bridgehead atoms. The molecule has 15 heavy (non-hydrogen) atoms. The molecule has 0 aromatic heterocycles. The van der Waals surface area contributed by atoms with E-state index in [0.29, 0.717) is 0 Å². The van der Waals surface area contributed by atoms with Gasteiger partial charge in [0.15, 0.2) is 0 Å². The van der Waals surface area contributed by atoms with Crippen molar-refractivity contribution < 1.29 is 15.1 Å². The summed E-state index contributed by atoms with van der Waals surface area (Å²) in [5.41, 5.74) is -0.211. The minimum Gasteiger partial charge on any atom is -0.389 e. The Kier molecular flexibility index (Phi) is 7.86. The van der Waals surface area contributed by atoms with Crippen molar-refractivity contribution in [2.75, 3.05) is 13.2 Å². The van der Waals surface area contributed by atoms with Crippen molar-refractivity contribution in [3.05, 3.63) is 10.1 Å². The van der Waals surface area contributed by atoms with Gasteiger partial charge in [-0.1, -0.05) is 0 Å². The van der Waals surface area contributed by atoms with Crippen LogP contribution in [0.2, 0.25) is 0 Å². The number of aliphatic hydroxyl groups is 2. The highest BCUT2D eigenvalue weighted by atomic mass is 35.5. The van der Waals surface area contributed by atoms with E-state index in [1.165, 1.54) is 0 Å². The second-order valence-electron chi connectivity index (χ2n) is 4.23. The SMILES string of the molecule is CC(C)(C)NCC(O)C(CO)[N+](=O)[O-].Cl. The van der Waals surface area contributed by atoms with E-state index in [-0.39, 0.29) is 24.5 Å². The third-order valence-electron chi connectivity index (χ3n) is 1.74. The molecule has 0 aromatic carbocycles. The van der Waals surface area contributed by atoms with Crippen LogP contribution in [0.1, 0.15) is 20.8 Å². The summed E-state index contributed by atoms with van der Waals surface area (Å²) in [6.45, 7) is 5.11. The Morgan fingerprint density at radius 1 is 1.47 bits per heavy atom. The Labute approximate surface area is 95.2 Å². The van der Waals surface area contributed by atoms with Crippen LogP contribution in [-0.2, 0) is 0 Å². The van der Waals surface area contributed by atoms with Gasteiger partial charge in [0.1, 0.15) is 12.7 Å². The average Bonchev–Trinajstić information content (AvgIpc) is 2.00. The molecule has 0 saturated carbocycles. The molecular formula is C8H19ClN2O4. The van der Waals surface area contributed by atoms with Crippen molar-refractivity contribution in [3.8, 4) is 0 Å². The summed E-state index contributed by atoms with van der Waals surface area (Å²) in [5, 5.41) is 31.3. The zero-order valence-electron chi connectivity index (χ0n) is 9.14. The van der Waals surface area contributed by atoms with Gasteiger partial charge in [-0.15, -0.1) is 12.4 Å². The zero-order chi connectivity index (χ0) is 11.4. The first-order chi connectivity index (χ1) is 6.28. The predicted octanol–water partition coefficient (Wildman–Crippen LogP) is -0.205. The minimum atomic E-state index is -1.31. The molecular weight excluding hydrogens is 224 g/mol. The number of nitro groups is 1. The molecule has 0 amide bonds. The Morgan fingerprint density at radius 2 is 1.93 bits per heavy atom. The Balaban J connectivity index is 0. The number of β-amino-alcohol motifs (C(OH)–C–C–N with tert-alkyl or cyclic N) is 1. The number of nitrogens with one attached hydrogen (secondary N) is 1. The number of halogens is 1. The third-order valence-corrected chi connectivity index (χ3v) is 1.74. The first-order valence-electron chi connectivity index (χ1n) is 4.45. The largest absolute Gasteiger partial charge is 0.389 e. The van der Waals surface area contributed by atoms with Gasteiger partial charge in [-0.2, -0.15) is 0 Å². The Bertz CT molecular complexity index is 196. The molecule has 3 N–H and O–H groups in total. The van der Waals surface area contributed by atoms with Gasteiger partial charge in [-0.05, 0) is 20.8 Å². The summed E-state index contributed by atoms with van der Waals surface area (Å²) in [5.74, 6) is 0. The highest BCUT2D eigenvalue weighted by molar-refractivity contribution is 5.85. The van der Waals surface area contributed by atoms with Crippen LogP contribution in [0.25, 0.3) is 0 Å². The van der Waals surface area contributed by atoms with Crippen molar-refractivity contribution in [1.29, 1.82) is 0 Å². The molecule has 0 aromatic rings. The van der Waals surface area contributed by atoms with Crippen LogP contribution in [0.4, 0.5) is 0 Å². The maximum Gasteiger partial charge on any atom is 0.262 e. The fraction of sp³-hybridized carbons (Fsp3) is 1.00. The molecule has 0 aliphatic carbocycles. The van der Waals surface area contributed by atoms with E-state index in [1.807, 2.05) is 20.8 Å². The molecule has 2 atom stereocenters. The van der Waals surface area contributed by atoms with Crippen LogP contribution in [-0.4, -0.2) is 46.0 Å². The van der Waals surface area contributed by atoms with Gasteiger partial charge in [-0.3, -0.25) is 10.1 Å². The van der Waals surface area contributed by atoms with Crippen LogP contribution in [0.3, 0.4) is 0 Å². The van der Waals surface area contributed by atoms with E-state index in [2.05, 4.69) is 5.32 Å². The molecule has 7 heteroatoms. The van der Waals surface area contributed by atoms with Crippen molar-refractivity contribution in [1.82, 2.24) is 5.32 Å². The molecule has 2 unspecified atom stereocenters. The molecule has 0 heterocycles. The number of hydrogen-bond acceptors (Lipinski definition) is 5. The number of rotatable bonds is 5. The normalized spacial score (nSPS) is 15.3. The Morgan fingerprint density at radius 3 is 2.20 bits per heavy atom. The third kappa shape index (κ3) is 7.49. The number of aliphatic hydroxyl groups excluding tert-OH is 2. The van der Waals surface area contributed by atoms with Crippen LogP contribution in [0.5, 0.6) is 0 Å². The fourth-order valence-electron chi connectivity index (χ4n) is 0.876. The lowest BCUT2D eigenvalue weighted by atomic mass is 10.1. The lowest BCUT2D eigenvalue weighted by Gasteiger charge is -2.23. The molecule has 0 saturated heterocycles. The topological polar surface area (TPSA) is 95.6 Å². The van der Waals surface area contributed by atoms with Gasteiger partial charge in [-0.25, -0.2) is 0 Å². The molecule has 0 radical (unpaired) electrons. The van der Waals surface area contributed by atoms with Crippen molar-refractivity contribution in [2.45, 2.75) is 38.5 Å². The monoisotopic (exact) mass is 242 g/mol. The van der Waals surface area contributed by atoms with Crippen molar-refractivity contribution in [2.24, 2.45) is 0 Å². The fourth-order valence-corrected chi connectivity index (χ4v) is 0.876. The van der Waals surface area contributed by atoms with E-state index in [4.69, 9.17) is 5.11 Å². The molecule has 92 valence electrons. The smallest absolute Gasteiger partial charge is 0.262 e. The van der Waals surface area contributed by atoms with Crippen LogP contribution >= 0.6 is 12.4 Å². The summed E-state index contributed by atoms with van der Waals surface area (Å²) in [4.78, 5) is 9.68. The zero-order valence-corrected chi connectivity index (χ0v) is 9.95. The summed E-state index contributed by atoms with van der Waals surface area (Å²) in [6.07, 6.45) is -1.17. The van der Waals surface area contributed by atoms with E-state index >= 15 is 0 Å². The molecule has 6 nitrogen and oxygen atoms in total. The Hall–Kier alpha value is -0.430. The molecule has 0 spiro atoms. The lowest BCUT2D eigenvalue weighted by molar-refractivity contribution is -0.537. The maximum absolute atomic E-state index is 10.4. The van der Waals surface area contributed by atoms with Crippen molar-refractivity contribution in [3.63, 3.8) is 0 Å². The van der Waals surface area contributed by atoms with Gasteiger partial charge in [0.05, 0.1) is 0 Å². The van der Waals surface area contributed by atoms with Crippen LogP contribution in [0.15, 0.2) is 0 Å². The van der Waals surface area contributed by atoms with Crippen molar-refractivity contribution >= 4 is 12.4 Å². The molecule has 0 rings (SSSR count).